The van der Waals surface area contributed by atoms with Crippen LogP contribution in [0.5, 0.6) is 0 Å². The minimum absolute atomic E-state index is 0.0721. The van der Waals surface area contributed by atoms with Crippen molar-refractivity contribution >= 4 is 11.9 Å². The molecule has 10 heteroatoms. The SMILES string of the molecule is CCC1(COC(=O)OC2CCC(C(C)(C)C3CCC(C(=O)C4(CC)COC5(CC(C)(C)NC(C)(C)C5)OC4)CC3)CC2)COC2(CC(C)(C)NC(C)(C)C2)OC1. The van der Waals surface area contributed by atoms with Crippen molar-refractivity contribution in [3.63, 3.8) is 0 Å². The lowest BCUT2D eigenvalue weighted by molar-refractivity contribution is -0.332. The first-order valence-electron chi connectivity index (χ1n) is 22.4. The Kier molecular flexibility index (Phi) is 12.3. The summed E-state index contributed by atoms with van der Waals surface area (Å²) in [5.74, 6) is 0.311. The van der Waals surface area contributed by atoms with E-state index in [0.29, 0.717) is 44.0 Å². The molecule has 0 unspecified atom stereocenters. The lowest BCUT2D eigenvalue weighted by atomic mass is 9.59. The number of carbonyl (C=O) groups is 2. The van der Waals surface area contributed by atoms with Crippen molar-refractivity contribution in [3.05, 3.63) is 0 Å². The molecule has 4 heterocycles. The van der Waals surface area contributed by atoms with E-state index >= 15 is 0 Å². The summed E-state index contributed by atoms with van der Waals surface area (Å²) >= 11 is 0. The fourth-order valence-corrected chi connectivity index (χ4v) is 12.6. The Balaban J connectivity index is 0.931. The van der Waals surface area contributed by atoms with Gasteiger partial charge in [0, 0.05) is 53.8 Å². The summed E-state index contributed by atoms with van der Waals surface area (Å²) < 4.78 is 38.0. The normalized spacial score (nSPS) is 34.0. The first kappa shape index (κ1) is 44.3. The van der Waals surface area contributed by atoms with E-state index in [9.17, 15) is 9.59 Å². The molecule has 0 atom stereocenters. The molecule has 0 radical (unpaired) electrons. The second kappa shape index (κ2) is 15.6. The molecule has 0 aromatic carbocycles. The lowest BCUT2D eigenvalue weighted by Crippen LogP contribution is -2.67. The maximum atomic E-state index is 14.3. The highest BCUT2D eigenvalue weighted by atomic mass is 16.7. The Bertz CT molecular complexity index is 1350. The fourth-order valence-electron chi connectivity index (χ4n) is 12.6. The highest BCUT2D eigenvalue weighted by molar-refractivity contribution is 5.87. The summed E-state index contributed by atoms with van der Waals surface area (Å²) in [5, 5.41) is 7.44. The minimum Gasteiger partial charge on any atom is -0.434 e. The topological polar surface area (TPSA) is 114 Å². The highest BCUT2D eigenvalue weighted by Crippen LogP contribution is 2.52. The first-order valence-corrected chi connectivity index (χ1v) is 22.4. The number of rotatable bonds is 9. The Labute approximate surface area is 339 Å². The van der Waals surface area contributed by atoms with Crippen LogP contribution in [0.15, 0.2) is 0 Å². The first-order chi connectivity index (χ1) is 25.9. The van der Waals surface area contributed by atoms with Crippen LogP contribution in [-0.2, 0) is 33.2 Å². The van der Waals surface area contributed by atoms with Crippen LogP contribution in [-0.4, -0.2) is 84.8 Å². The van der Waals surface area contributed by atoms with Gasteiger partial charge in [-0.3, -0.25) is 4.79 Å². The molecule has 2 spiro atoms. The number of nitrogens with one attached hydrogen (secondary N) is 2. The molecule has 0 bridgehead atoms. The van der Waals surface area contributed by atoms with Crippen molar-refractivity contribution < 1.29 is 38.0 Å². The third kappa shape index (κ3) is 9.67. The largest absolute Gasteiger partial charge is 0.508 e. The molecule has 6 aliphatic rings. The highest BCUT2D eigenvalue weighted by Gasteiger charge is 2.56. The molecule has 4 aliphatic heterocycles. The Morgan fingerprint density at radius 2 is 1.02 bits per heavy atom. The van der Waals surface area contributed by atoms with Crippen molar-refractivity contribution in [2.24, 2.45) is 34.0 Å². The van der Waals surface area contributed by atoms with E-state index < -0.39 is 23.1 Å². The van der Waals surface area contributed by atoms with Crippen molar-refractivity contribution in [1.82, 2.24) is 10.6 Å². The maximum Gasteiger partial charge on any atom is 0.508 e. The summed E-state index contributed by atoms with van der Waals surface area (Å²) in [6, 6.07) is 0. The van der Waals surface area contributed by atoms with Gasteiger partial charge in [0.1, 0.15) is 18.5 Å². The second-order valence-electron chi connectivity index (χ2n) is 22.8. The van der Waals surface area contributed by atoms with Crippen LogP contribution in [0.4, 0.5) is 4.79 Å². The zero-order valence-corrected chi connectivity index (χ0v) is 37.5. The van der Waals surface area contributed by atoms with Crippen molar-refractivity contribution in [1.29, 1.82) is 0 Å². The monoisotopic (exact) mass is 789 g/mol. The van der Waals surface area contributed by atoms with Crippen LogP contribution in [0.3, 0.4) is 0 Å². The number of ether oxygens (including phenoxy) is 6. The van der Waals surface area contributed by atoms with E-state index in [2.05, 4.69) is 93.7 Å². The third-order valence-electron chi connectivity index (χ3n) is 15.3. The zero-order chi connectivity index (χ0) is 41.1. The molecule has 2 N–H and O–H groups in total. The number of ketones is 1. The molecule has 6 fully saturated rings. The van der Waals surface area contributed by atoms with Gasteiger partial charge in [-0.2, -0.15) is 0 Å². The predicted octanol–water partition coefficient (Wildman–Crippen LogP) is 9.26. The molecule has 4 saturated heterocycles. The predicted molar refractivity (Wildman–Crippen MR) is 218 cm³/mol. The van der Waals surface area contributed by atoms with E-state index in [1.165, 1.54) is 0 Å². The van der Waals surface area contributed by atoms with Gasteiger partial charge in [-0.15, -0.1) is 0 Å². The van der Waals surface area contributed by atoms with Gasteiger partial charge in [0.05, 0.1) is 37.3 Å². The van der Waals surface area contributed by atoms with Gasteiger partial charge < -0.3 is 39.1 Å². The van der Waals surface area contributed by atoms with Crippen molar-refractivity contribution in [3.8, 4) is 0 Å². The van der Waals surface area contributed by atoms with Gasteiger partial charge in [0.15, 0.2) is 11.6 Å². The molecule has 322 valence electrons. The van der Waals surface area contributed by atoms with Gasteiger partial charge in [-0.1, -0.05) is 27.7 Å². The smallest absolute Gasteiger partial charge is 0.434 e. The van der Waals surface area contributed by atoms with Crippen LogP contribution in [0, 0.1) is 34.0 Å². The summed E-state index contributed by atoms with van der Waals surface area (Å²) in [7, 11) is 0. The summed E-state index contributed by atoms with van der Waals surface area (Å²) in [4.78, 5) is 27.3. The van der Waals surface area contributed by atoms with E-state index in [1.807, 2.05) is 0 Å². The summed E-state index contributed by atoms with van der Waals surface area (Å²) in [6.07, 6.45) is 11.7. The molecule has 0 amide bonds. The third-order valence-corrected chi connectivity index (χ3v) is 15.3. The van der Waals surface area contributed by atoms with E-state index in [0.717, 1.165) is 89.9 Å². The molecule has 0 aromatic heterocycles. The molecule has 6 rings (SSSR count). The van der Waals surface area contributed by atoms with Gasteiger partial charge in [0.25, 0.3) is 0 Å². The van der Waals surface area contributed by atoms with Gasteiger partial charge in [-0.25, -0.2) is 4.79 Å². The summed E-state index contributed by atoms with van der Waals surface area (Å²) in [6.45, 7) is 28.9. The Morgan fingerprint density at radius 3 is 1.43 bits per heavy atom. The Hall–Kier alpha value is -1.30. The molecular formula is C46H80N2O8. The average molecular weight is 789 g/mol. The van der Waals surface area contributed by atoms with Crippen LogP contribution in [0.25, 0.3) is 0 Å². The van der Waals surface area contributed by atoms with Crippen molar-refractivity contribution in [2.45, 2.75) is 213 Å². The second-order valence-corrected chi connectivity index (χ2v) is 22.8. The van der Waals surface area contributed by atoms with Crippen LogP contribution < -0.4 is 10.6 Å². The molecule has 2 aliphatic carbocycles. The summed E-state index contributed by atoms with van der Waals surface area (Å²) in [5.41, 5.74) is -1.19. The van der Waals surface area contributed by atoms with Crippen LogP contribution in [0.1, 0.15) is 173 Å². The number of hydrogen-bond acceptors (Lipinski definition) is 10. The maximum absolute atomic E-state index is 14.3. The van der Waals surface area contributed by atoms with E-state index in [4.69, 9.17) is 28.4 Å². The Morgan fingerprint density at radius 1 is 0.607 bits per heavy atom. The van der Waals surface area contributed by atoms with Gasteiger partial charge in [-0.05, 0) is 137 Å². The lowest BCUT2D eigenvalue weighted by Gasteiger charge is -2.56. The number of carbonyl (C=O) groups excluding carboxylic acids is 2. The quantitative estimate of drug-likeness (QED) is 0.219. The fraction of sp³-hybridized carbons (Fsp3) is 0.957. The molecule has 0 aromatic rings. The number of hydrogen-bond donors (Lipinski definition) is 2. The molecule has 10 nitrogen and oxygen atoms in total. The molecular weight excluding hydrogens is 709 g/mol. The van der Waals surface area contributed by atoms with E-state index in [1.54, 1.807) is 0 Å². The van der Waals surface area contributed by atoms with Gasteiger partial charge >= 0.3 is 6.16 Å². The van der Waals surface area contributed by atoms with Gasteiger partial charge in [0.2, 0.25) is 0 Å². The van der Waals surface area contributed by atoms with Crippen LogP contribution >= 0.6 is 0 Å². The standard InChI is InChI=1S/C46H80N2O8/c1-13-43(28-52-45(53-29-43)23-38(3,4)47-39(5,6)24-45)27-51-37(50)56-35-21-19-34(20-22-35)42(11,12)33-17-15-32(16-18-33)36(49)44(14-2)30-54-46(55-31-44)25-40(7,8)48-41(9,10)26-46/h32-35,47-48H,13-31H2,1-12H3. The number of Topliss-reactive ketones (excluding diaryl/α,β-unsaturated/α-hetero) is 1. The molecule has 2 saturated carbocycles. The zero-order valence-electron chi connectivity index (χ0n) is 37.5. The molecule has 56 heavy (non-hydrogen) atoms. The number of piperidine rings is 2. The van der Waals surface area contributed by atoms with E-state index in [-0.39, 0.29) is 51.6 Å². The van der Waals surface area contributed by atoms with Crippen LogP contribution in [0.2, 0.25) is 0 Å². The van der Waals surface area contributed by atoms with Crippen molar-refractivity contribution in [2.75, 3.05) is 33.0 Å². The minimum atomic E-state index is -0.631. The average Bonchev–Trinajstić information content (AvgIpc) is 3.09.